The predicted molar refractivity (Wildman–Crippen MR) is 98.6 cm³/mol. The van der Waals surface area contributed by atoms with Crippen LogP contribution in [0, 0.1) is 0 Å². The molecule has 0 fully saturated rings. The zero-order chi connectivity index (χ0) is 15.9. The Morgan fingerprint density at radius 3 is 2.43 bits per heavy atom. The van der Waals surface area contributed by atoms with Gasteiger partial charge in [-0.15, -0.1) is 0 Å². The van der Waals surface area contributed by atoms with Crippen LogP contribution < -0.4 is 4.74 Å². The van der Waals surface area contributed by atoms with Crippen molar-refractivity contribution in [3.05, 3.63) is 94.5 Å². The first-order valence-electron chi connectivity index (χ1n) is 7.36. The van der Waals surface area contributed by atoms with Gasteiger partial charge in [-0.05, 0) is 47.5 Å². The molecule has 0 amide bonds. The molecular weight excluding hydrogens is 350 g/mol. The van der Waals surface area contributed by atoms with Crippen LogP contribution in [0.2, 0.25) is 0 Å². The van der Waals surface area contributed by atoms with E-state index < -0.39 is 0 Å². The van der Waals surface area contributed by atoms with Gasteiger partial charge in [0.1, 0.15) is 12.4 Å². The molecule has 0 saturated heterocycles. The third kappa shape index (κ3) is 4.80. The Morgan fingerprint density at radius 1 is 0.870 bits per heavy atom. The van der Waals surface area contributed by atoms with E-state index in [1.54, 1.807) is 0 Å². The van der Waals surface area contributed by atoms with Crippen LogP contribution in [0.5, 0.6) is 5.75 Å². The normalized spacial score (nSPS) is 10.8. The number of nitrogens with zero attached hydrogens (tertiary/aromatic N) is 1. The molecule has 0 spiro atoms. The summed E-state index contributed by atoms with van der Waals surface area (Å²) >= 11 is 3.42. The average Bonchev–Trinajstić information content (AvgIpc) is 2.61. The maximum atomic E-state index is 5.83. The van der Waals surface area contributed by atoms with Crippen molar-refractivity contribution in [2.75, 3.05) is 0 Å². The lowest BCUT2D eigenvalue weighted by Crippen LogP contribution is -1.95. The summed E-state index contributed by atoms with van der Waals surface area (Å²) in [6, 6.07) is 26.0. The van der Waals surface area contributed by atoms with Gasteiger partial charge in [-0.1, -0.05) is 58.4 Å². The maximum Gasteiger partial charge on any atom is 0.120 e. The molecule has 0 saturated carbocycles. The van der Waals surface area contributed by atoms with Gasteiger partial charge in [0.05, 0.1) is 5.69 Å². The summed E-state index contributed by atoms with van der Waals surface area (Å²) < 4.78 is 6.88. The molecule has 0 bridgehead atoms. The molecule has 0 unspecified atom stereocenters. The molecular formula is C20H16BrNO. The smallest absolute Gasteiger partial charge is 0.120 e. The van der Waals surface area contributed by atoms with Crippen molar-refractivity contribution in [3.63, 3.8) is 0 Å². The first kappa shape index (κ1) is 15.5. The molecule has 0 N–H and O–H groups in total. The van der Waals surface area contributed by atoms with Gasteiger partial charge in [0.15, 0.2) is 0 Å². The third-order valence-electron chi connectivity index (χ3n) is 3.30. The minimum absolute atomic E-state index is 0.564. The van der Waals surface area contributed by atoms with Crippen molar-refractivity contribution in [3.8, 4) is 5.75 Å². The van der Waals surface area contributed by atoms with E-state index in [9.17, 15) is 0 Å². The average molecular weight is 366 g/mol. The van der Waals surface area contributed by atoms with E-state index in [1.165, 1.54) is 0 Å². The summed E-state index contributed by atoms with van der Waals surface area (Å²) in [5, 5.41) is 0. The van der Waals surface area contributed by atoms with Crippen LogP contribution in [-0.2, 0) is 6.61 Å². The fourth-order valence-electron chi connectivity index (χ4n) is 2.10. The van der Waals surface area contributed by atoms with Gasteiger partial charge in [-0.25, -0.2) is 0 Å². The summed E-state index contributed by atoms with van der Waals surface area (Å²) in [6.45, 7) is 0.564. The molecule has 0 aliphatic rings. The minimum Gasteiger partial charge on any atom is -0.489 e. The van der Waals surface area contributed by atoms with E-state index in [0.29, 0.717) is 6.61 Å². The van der Waals surface area contributed by atoms with Crippen molar-refractivity contribution in [2.45, 2.75) is 6.61 Å². The SMILES string of the molecule is Brc1ccc(N=Cc2cccc(OCc3ccccc3)c2)cc1. The molecule has 0 radical (unpaired) electrons. The van der Waals surface area contributed by atoms with Crippen LogP contribution in [-0.4, -0.2) is 6.21 Å². The van der Waals surface area contributed by atoms with Gasteiger partial charge in [0.2, 0.25) is 0 Å². The number of ether oxygens (including phenoxy) is 1. The molecule has 3 rings (SSSR count). The van der Waals surface area contributed by atoms with Gasteiger partial charge in [-0.2, -0.15) is 0 Å². The summed E-state index contributed by atoms with van der Waals surface area (Å²) in [6.07, 6.45) is 1.85. The Hall–Kier alpha value is -2.39. The Kier molecular flexibility index (Phi) is 5.22. The molecule has 0 atom stereocenters. The van der Waals surface area contributed by atoms with E-state index in [2.05, 4.69) is 33.1 Å². The molecule has 3 heteroatoms. The first-order chi connectivity index (χ1) is 11.3. The highest BCUT2D eigenvalue weighted by Crippen LogP contribution is 2.18. The molecule has 0 heterocycles. The maximum absolute atomic E-state index is 5.83. The Labute approximate surface area is 144 Å². The lowest BCUT2D eigenvalue weighted by atomic mass is 10.2. The van der Waals surface area contributed by atoms with E-state index in [4.69, 9.17) is 4.74 Å². The van der Waals surface area contributed by atoms with E-state index >= 15 is 0 Å². The van der Waals surface area contributed by atoms with E-state index in [1.807, 2.05) is 72.9 Å². The van der Waals surface area contributed by atoms with Crippen LogP contribution in [0.15, 0.2) is 88.3 Å². The van der Waals surface area contributed by atoms with Gasteiger partial charge < -0.3 is 4.74 Å². The fraction of sp³-hybridized carbons (Fsp3) is 0.0500. The third-order valence-corrected chi connectivity index (χ3v) is 3.82. The summed E-state index contributed by atoms with van der Waals surface area (Å²) in [7, 11) is 0. The molecule has 3 aromatic rings. The second kappa shape index (κ2) is 7.75. The minimum atomic E-state index is 0.564. The first-order valence-corrected chi connectivity index (χ1v) is 8.15. The van der Waals surface area contributed by atoms with Gasteiger partial charge >= 0.3 is 0 Å². The number of hydrogen-bond acceptors (Lipinski definition) is 2. The lowest BCUT2D eigenvalue weighted by Gasteiger charge is -2.06. The predicted octanol–water partition coefficient (Wildman–Crippen LogP) is 5.78. The Balaban J connectivity index is 1.66. The number of aliphatic imine (C=N–C) groups is 1. The molecule has 0 aliphatic heterocycles. The van der Waals surface area contributed by atoms with Crippen molar-refractivity contribution in [1.82, 2.24) is 0 Å². The zero-order valence-corrected chi connectivity index (χ0v) is 14.1. The fourth-order valence-corrected chi connectivity index (χ4v) is 2.37. The molecule has 2 nitrogen and oxygen atoms in total. The molecule has 23 heavy (non-hydrogen) atoms. The van der Waals surface area contributed by atoms with Gasteiger partial charge in [-0.3, -0.25) is 4.99 Å². The molecule has 0 aromatic heterocycles. The highest BCUT2D eigenvalue weighted by atomic mass is 79.9. The number of rotatable bonds is 5. The summed E-state index contributed by atoms with van der Waals surface area (Å²) in [5.41, 5.74) is 3.09. The van der Waals surface area contributed by atoms with Crippen LogP contribution in [0.1, 0.15) is 11.1 Å². The lowest BCUT2D eigenvalue weighted by molar-refractivity contribution is 0.306. The van der Waals surface area contributed by atoms with Crippen LogP contribution in [0.4, 0.5) is 5.69 Å². The van der Waals surface area contributed by atoms with Crippen molar-refractivity contribution >= 4 is 27.8 Å². The Morgan fingerprint density at radius 2 is 1.65 bits per heavy atom. The largest absolute Gasteiger partial charge is 0.489 e. The molecule has 0 aliphatic carbocycles. The number of halogens is 1. The van der Waals surface area contributed by atoms with Gasteiger partial charge in [0, 0.05) is 10.7 Å². The zero-order valence-electron chi connectivity index (χ0n) is 12.5. The van der Waals surface area contributed by atoms with Crippen molar-refractivity contribution < 1.29 is 4.74 Å². The van der Waals surface area contributed by atoms with Crippen LogP contribution >= 0.6 is 15.9 Å². The quantitative estimate of drug-likeness (QED) is 0.525. The van der Waals surface area contributed by atoms with Crippen LogP contribution in [0.25, 0.3) is 0 Å². The standard InChI is InChI=1S/C20H16BrNO/c21-18-9-11-19(12-10-18)22-14-17-7-4-8-20(13-17)23-15-16-5-2-1-3-6-16/h1-14H,15H2. The second-order valence-electron chi connectivity index (χ2n) is 5.08. The summed E-state index contributed by atoms with van der Waals surface area (Å²) in [4.78, 5) is 4.48. The van der Waals surface area contributed by atoms with Gasteiger partial charge in [0.25, 0.3) is 0 Å². The topological polar surface area (TPSA) is 21.6 Å². The second-order valence-corrected chi connectivity index (χ2v) is 6.00. The number of benzene rings is 3. The molecule has 114 valence electrons. The number of hydrogen-bond donors (Lipinski definition) is 0. The van der Waals surface area contributed by atoms with Crippen LogP contribution in [0.3, 0.4) is 0 Å². The highest BCUT2D eigenvalue weighted by Gasteiger charge is 1.97. The van der Waals surface area contributed by atoms with E-state index in [0.717, 1.165) is 27.0 Å². The van der Waals surface area contributed by atoms with E-state index in [-0.39, 0.29) is 0 Å². The monoisotopic (exact) mass is 365 g/mol. The van der Waals surface area contributed by atoms with Crippen molar-refractivity contribution in [2.24, 2.45) is 4.99 Å². The Bertz CT molecular complexity index is 782. The summed E-state index contributed by atoms with van der Waals surface area (Å²) in [5.74, 6) is 0.841. The highest BCUT2D eigenvalue weighted by molar-refractivity contribution is 9.10. The molecule has 3 aromatic carbocycles. The van der Waals surface area contributed by atoms with Crippen molar-refractivity contribution in [1.29, 1.82) is 0 Å².